The van der Waals surface area contributed by atoms with Crippen LogP contribution in [0.5, 0.6) is 11.5 Å². The summed E-state index contributed by atoms with van der Waals surface area (Å²) < 4.78 is 0. The number of hydrogen-bond acceptors (Lipinski definition) is 3. The molecule has 0 saturated carbocycles. The largest absolute Gasteiger partial charge is 0.504 e. The summed E-state index contributed by atoms with van der Waals surface area (Å²) in [6.45, 7) is 3.06. The Kier molecular flexibility index (Phi) is 2.04. The molecule has 3 heteroatoms. The highest BCUT2D eigenvalue weighted by atomic mass is 16.3. The highest BCUT2D eigenvalue weighted by molar-refractivity contribution is 5.72. The van der Waals surface area contributed by atoms with Crippen LogP contribution in [-0.4, -0.2) is 16.0 Å². The standard InChI is InChI=1S/C6H4O2.C3H6O/c7-5-3-1-2-4(3)6(5)8;1-3(2)4/h1-2,7-8H;1-2H3. The number of phenolic OH excluding ortho intramolecular Hbond substituents is 2. The van der Waals surface area contributed by atoms with Crippen LogP contribution in [0.2, 0.25) is 0 Å². The van der Waals surface area contributed by atoms with Gasteiger partial charge in [-0.15, -0.1) is 0 Å². The lowest BCUT2D eigenvalue weighted by atomic mass is 10.0. The molecule has 0 aliphatic heterocycles. The summed E-state index contributed by atoms with van der Waals surface area (Å²) in [6.07, 6.45) is 0. The number of ketones is 1. The summed E-state index contributed by atoms with van der Waals surface area (Å²) >= 11 is 0. The van der Waals surface area contributed by atoms with Gasteiger partial charge in [0.2, 0.25) is 0 Å². The van der Waals surface area contributed by atoms with Crippen molar-refractivity contribution in [3.05, 3.63) is 22.6 Å². The number of hydrogen-bond donors (Lipinski definition) is 2. The Morgan fingerprint density at radius 3 is 1.42 bits per heavy atom. The van der Waals surface area contributed by atoms with Crippen LogP contribution in [-0.2, 0) is 4.79 Å². The van der Waals surface area contributed by atoms with Gasteiger partial charge in [0.1, 0.15) is 5.78 Å². The van der Waals surface area contributed by atoms with Crippen molar-refractivity contribution < 1.29 is 15.0 Å². The summed E-state index contributed by atoms with van der Waals surface area (Å²) in [5, 5.41) is 19.0. The monoisotopic (exact) mass is 166 g/mol. The zero-order valence-electron chi connectivity index (χ0n) is 6.96. The highest BCUT2D eigenvalue weighted by Gasteiger charge is 2.12. The van der Waals surface area contributed by atoms with Gasteiger partial charge in [-0.25, -0.2) is 0 Å². The van der Waals surface area contributed by atoms with Gasteiger partial charge in [0.25, 0.3) is 0 Å². The number of phenols is 2. The number of carbonyl (C=O) groups excluding carboxylic acids is 1. The molecular weight excluding hydrogens is 156 g/mol. The number of carbonyl (C=O) groups is 1. The van der Waals surface area contributed by atoms with E-state index in [1.54, 1.807) is 12.1 Å². The lowest BCUT2D eigenvalue weighted by molar-refractivity contribution is -0.114. The molecule has 64 valence electrons. The summed E-state index contributed by atoms with van der Waals surface area (Å²) in [5.74, 6) is 0.255. The van der Waals surface area contributed by atoms with E-state index in [0.29, 0.717) is 0 Å². The Bertz CT molecular complexity index is 370. The van der Waals surface area contributed by atoms with Crippen LogP contribution >= 0.6 is 0 Å². The molecule has 0 radical (unpaired) electrons. The van der Waals surface area contributed by atoms with Gasteiger partial charge in [-0.05, 0) is 26.0 Å². The third-order valence-electron chi connectivity index (χ3n) is 1.44. The summed E-state index contributed by atoms with van der Waals surface area (Å²) in [4.78, 5) is 9.44. The highest BCUT2D eigenvalue weighted by Crippen LogP contribution is 2.36. The van der Waals surface area contributed by atoms with Crippen molar-refractivity contribution in [3.63, 3.8) is 0 Å². The first-order chi connectivity index (χ1) is 5.54. The van der Waals surface area contributed by atoms with Gasteiger partial charge >= 0.3 is 0 Å². The van der Waals surface area contributed by atoms with E-state index in [4.69, 9.17) is 10.2 Å². The molecule has 3 nitrogen and oxygen atoms in total. The van der Waals surface area contributed by atoms with Crippen LogP contribution in [0.3, 0.4) is 0 Å². The van der Waals surface area contributed by atoms with Crippen LogP contribution in [0.15, 0.2) is 12.1 Å². The molecule has 2 N–H and O–H groups in total. The Morgan fingerprint density at radius 1 is 1.08 bits per heavy atom. The second kappa shape index (κ2) is 2.85. The fourth-order valence-corrected chi connectivity index (χ4v) is 0.856. The van der Waals surface area contributed by atoms with Crippen LogP contribution in [0.25, 0.3) is 0 Å². The number of Topliss-reactive ketones (excluding diaryl/α,β-unsaturated/α-hetero) is 1. The molecule has 2 aliphatic carbocycles. The van der Waals surface area contributed by atoms with Gasteiger partial charge in [0.05, 0.1) is 0 Å². The van der Waals surface area contributed by atoms with E-state index in [0.717, 1.165) is 10.4 Å². The van der Waals surface area contributed by atoms with E-state index in [-0.39, 0.29) is 17.3 Å². The van der Waals surface area contributed by atoms with Gasteiger partial charge in [-0.2, -0.15) is 0 Å². The molecule has 0 bridgehead atoms. The summed E-state index contributed by atoms with van der Waals surface area (Å²) in [7, 11) is 0. The quantitative estimate of drug-likeness (QED) is 0.580. The van der Waals surface area contributed by atoms with Gasteiger partial charge in [0.15, 0.2) is 11.5 Å². The first-order valence-corrected chi connectivity index (χ1v) is 3.56. The Labute approximate surface area is 69.6 Å². The topological polar surface area (TPSA) is 57.5 Å². The predicted molar refractivity (Wildman–Crippen MR) is 43.8 cm³/mol. The van der Waals surface area contributed by atoms with E-state index in [1.165, 1.54) is 13.8 Å². The minimum Gasteiger partial charge on any atom is -0.504 e. The maximum Gasteiger partial charge on any atom is 0.166 e. The molecule has 0 atom stereocenters. The lowest BCUT2D eigenvalue weighted by Gasteiger charge is -2.07. The lowest BCUT2D eigenvalue weighted by Crippen LogP contribution is -1.87. The van der Waals surface area contributed by atoms with Crippen molar-refractivity contribution in [2.75, 3.05) is 0 Å². The molecule has 0 amide bonds. The minimum absolute atomic E-state index is 0.0440. The second-order valence-corrected chi connectivity index (χ2v) is 2.77. The third-order valence-corrected chi connectivity index (χ3v) is 1.44. The SMILES string of the molecule is CC(C)=O.Oc1c(O)c2ccc1=2. The number of benzene rings is 1. The first-order valence-electron chi connectivity index (χ1n) is 3.56. The van der Waals surface area contributed by atoms with Crippen molar-refractivity contribution in [2.45, 2.75) is 13.8 Å². The summed E-state index contributed by atoms with van der Waals surface area (Å²) in [6, 6.07) is 3.54. The zero-order chi connectivity index (χ0) is 9.30. The van der Waals surface area contributed by atoms with Crippen molar-refractivity contribution in [1.82, 2.24) is 0 Å². The molecular formula is C9H10O3. The van der Waals surface area contributed by atoms with Crippen molar-refractivity contribution in [3.8, 4) is 11.5 Å². The maximum absolute atomic E-state index is 9.44. The molecule has 0 aromatic heterocycles. The Balaban J connectivity index is 0.000000157. The summed E-state index contributed by atoms with van der Waals surface area (Å²) in [5.41, 5.74) is 0. The second-order valence-electron chi connectivity index (χ2n) is 2.77. The average Bonchev–Trinajstić information content (AvgIpc) is 1.84. The predicted octanol–water partition coefficient (Wildman–Crippen LogP) is 1.29. The molecule has 0 aromatic carbocycles. The fraction of sp³-hybridized carbons (Fsp3) is 0.222. The van der Waals surface area contributed by atoms with E-state index in [1.807, 2.05) is 0 Å². The molecule has 0 saturated heterocycles. The molecule has 12 heavy (non-hydrogen) atoms. The Hall–Kier alpha value is -1.51. The average molecular weight is 166 g/mol. The number of aromatic hydroxyl groups is 2. The van der Waals surface area contributed by atoms with Gasteiger partial charge in [-0.3, -0.25) is 0 Å². The molecule has 0 spiro atoms. The van der Waals surface area contributed by atoms with Crippen LogP contribution in [0.4, 0.5) is 0 Å². The van der Waals surface area contributed by atoms with Crippen LogP contribution in [0, 0.1) is 10.4 Å². The maximum atomic E-state index is 9.44. The molecule has 0 fully saturated rings. The zero-order valence-corrected chi connectivity index (χ0v) is 6.96. The first kappa shape index (κ1) is 8.59. The van der Waals surface area contributed by atoms with E-state index in [9.17, 15) is 4.79 Å². The van der Waals surface area contributed by atoms with E-state index in [2.05, 4.69) is 0 Å². The smallest absolute Gasteiger partial charge is 0.166 e. The van der Waals surface area contributed by atoms with Crippen LogP contribution in [0.1, 0.15) is 13.8 Å². The van der Waals surface area contributed by atoms with Crippen molar-refractivity contribution in [2.24, 2.45) is 0 Å². The molecule has 0 aromatic rings. The fourth-order valence-electron chi connectivity index (χ4n) is 0.856. The van der Waals surface area contributed by atoms with E-state index < -0.39 is 0 Å². The normalized spacial score (nSPS) is 9.83. The van der Waals surface area contributed by atoms with Crippen molar-refractivity contribution in [1.29, 1.82) is 0 Å². The molecule has 0 unspecified atom stereocenters. The van der Waals surface area contributed by atoms with Gasteiger partial charge in [-0.1, -0.05) is 0 Å². The molecule has 2 aliphatic rings. The van der Waals surface area contributed by atoms with Crippen LogP contribution < -0.4 is 0 Å². The van der Waals surface area contributed by atoms with E-state index >= 15 is 0 Å². The molecule has 0 heterocycles. The van der Waals surface area contributed by atoms with Crippen molar-refractivity contribution >= 4 is 5.78 Å². The number of rotatable bonds is 0. The minimum atomic E-state index is 0.0440. The van der Waals surface area contributed by atoms with Gasteiger partial charge < -0.3 is 15.0 Å². The third kappa shape index (κ3) is 1.25. The van der Waals surface area contributed by atoms with Gasteiger partial charge in [0, 0.05) is 10.4 Å². The Morgan fingerprint density at radius 2 is 1.33 bits per heavy atom. The molecule has 2 rings (SSSR count).